The lowest BCUT2D eigenvalue weighted by Gasteiger charge is -2.30. The average Bonchev–Trinajstić information content (AvgIpc) is 2.48. The van der Waals surface area contributed by atoms with Crippen LogP contribution in [-0.2, 0) is 10.0 Å². The highest BCUT2D eigenvalue weighted by Crippen LogP contribution is 2.35. The number of nitrogens with zero attached hydrogens (tertiary/aromatic N) is 2. The van der Waals surface area contributed by atoms with E-state index >= 15 is 0 Å². The van der Waals surface area contributed by atoms with Crippen LogP contribution in [0, 0.1) is 0 Å². The molecule has 5 heteroatoms. The standard InChI is InChI=1S/C15H14N2O2S/c1-12-9-11-17(14-8-5-10-16-15(12)14)20(18,19)13-6-3-2-4-7-13/h2-8,10H,1,9,11H2. The van der Waals surface area contributed by atoms with Crippen molar-refractivity contribution in [3.05, 3.63) is 60.9 Å². The van der Waals surface area contributed by atoms with Crippen LogP contribution >= 0.6 is 0 Å². The zero-order valence-electron chi connectivity index (χ0n) is 10.9. The molecule has 0 saturated carbocycles. The molecule has 0 atom stereocenters. The first kappa shape index (κ1) is 12.9. The number of benzene rings is 1. The Morgan fingerprint density at radius 3 is 2.60 bits per heavy atom. The minimum absolute atomic E-state index is 0.294. The smallest absolute Gasteiger partial charge is 0.264 e. The van der Waals surface area contributed by atoms with E-state index in [4.69, 9.17) is 0 Å². The molecule has 0 bridgehead atoms. The van der Waals surface area contributed by atoms with Gasteiger partial charge in [-0.05, 0) is 36.3 Å². The van der Waals surface area contributed by atoms with Crippen LogP contribution in [0.1, 0.15) is 12.1 Å². The molecule has 2 heterocycles. The first-order valence-electron chi connectivity index (χ1n) is 6.31. The number of fused-ring (bicyclic) bond motifs is 1. The van der Waals surface area contributed by atoms with Gasteiger partial charge >= 0.3 is 0 Å². The summed E-state index contributed by atoms with van der Waals surface area (Å²) in [5.74, 6) is 0. The van der Waals surface area contributed by atoms with Crippen LogP contribution in [0.5, 0.6) is 0 Å². The lowest BCUT2D eigenvalue weighted by molar-refractivity contribution is 0.590. The van der Waals surface area contributed by atoms with Gasteiger partial charge in [0.2, 0.25) is 0 Å². The second kappa shape index (κ2) is 4.76. The Balaban J connectivity index is 2.13. The topological polar surface area (TPSA) is 50.3 Å². The molecule has 20 heavy (non-hydrogen) atoms. The molecule has 0 amide bonds. The highest BCUT2D eigenvalue weighted by molar-refractivity contribution is 7.92. The van der Waals surface area contributed by atoms with Crippen molar-refractivity contribution < 1.29 is 8.42 Å². The second-order valence-corrected chi connectivity index (χ2v) is 6.48. The Kier molecular flexibility index (Phi) is 3.06. The third-order valence-electron chi connectivity index (χ3n) is 3.34. The SMILES string of the molecule is C=C1CCN(S(=O)(=O)c2ccccc2)c2cccnc21. The number of hydrogen-bond acceptors (Lipinski definition) is 3. The fraction of sp³-hybridized carbons (Fsp3) is 0.133. The van der Waals surface area contributed by atoms with E-state index in [-0.39, 0.29) is 0 Å². The molecule has 1 aromatic carbocycles. The number of aromatic nitrogens is 1. The Morgan fingerprint density at radius 1 is 1.10 bits per heavy atom. The Morgan fingerprint density at radius 2 is 1.85 bits per heavy atom. The Hall–Kier alpha value is -2.14. The lowest BCUT2D eigenvalue weighted by atomic mass is 10.1. The summed E-state index contributed by atoms with van der Waals surface area (Å²) in [6.45, 7) is 4.36. The van der Waals surface area contributed by atoms with Crippen molar-refractivity contribution in [3.63, 3.8) is 0 Å². The van der Waals surface area contributed by atoms with Gasteiger partial charge in [0.1, 0.15) is 0 Å². The summed E-state index contributed by atoms with van der Waals surface area (Å²) >= 11 is 0. The van der Waals surface area contributed by atoms with Crippen molar-refractivity contribution in [1.82, 2.24) is 4.98 Å². The van der Waals surface area contributed by atoms with Gasteiger partial charge in [0.05, 0.1) is 16.3 Å². The summed E-state index contributed by atoms with van der Waals surface area (Å²) in [6, 6.07) is 12.0. The van der Waals surface area contributed by atoms with Gasteiger partial charge < -0.3 is 0 Å². The number of sulfonamides is 1. The third kappa shape index (κ3) is 2.00. The quantitative estimate of drug-likeness (QED) is 0.853. The fourth-order valence-corrected chi connectivity index (χ4v) is 3.81. The molecule has 3 rings (SSSR count). The molecule has 0 aliphatic carbocycles. The average molecular weight is 286 g/mol. The van der Waals surface area contributed by atoms with Crippen LogP contribution in [0.15, 0.2) is 60.1 Å². The zero-order valence-corrected chi connectivity index (χ0v) is 11.7. The van der Waals surface area contributed by atoms with Gasteiger partial charge in [0.25, 0.3) is 10.0 Å². The van der Waals surface area contributed by atoms with Crippen LogP contribution in [-0.4, -0.2) is 19.9 Å². The minimum Gasteiger partial charge on any atom is -0.264 e. The molecule has 0 N–H and O–H groups in total. The molecular formula is C15H14N2O2S. The van der Waals surface area contributed by atoms with Gasteiger partial charge in [0, 0.05) is 12.7 Å². The van der Waals surface area contributed by atoms with Crippen LogP contribution in [0.25, 0.3) is 5.57 Å². The highest BCUT2D eigenvalue weighted by Gasteiger charge is 2.30. The highest BCUT2D eigenvalue weighted by atomic mass is 32.2. The molecule has 1 aliphatic heterocycles. The summed E-state index contributed by atoms with van der Waals surface area (Å²) in [5, 5.41) is 0. The van der Waals surface area contributed by atoms with Gasteiger partial charge in [-0.2, -0.15) is 0 Å². The van der Waals surface area contributed by atoms with Crippen LogP contribution < -0.4 is 4.31 Å². The van der Waals surface area contributed by atoms with Crippen LogP contribution in [0.3, 0.4) is 0 Å². The molecule has 2 aromatic rings. The normalized spacial score (nSPS) is 15.0. The monoisotopic (exact) mass is 286 g/mol. The van der Waals surface area contributed by atoms with Crippen molar-refractivity contribution >= 4 is 21.3 Å². The van der Waals surface area contributed by atoms with E-state index in [1.807, 2.05) is 0 Å². The maximum Gasteiger partial charge on any atom is 0.264 e. The number of hydrogen-bond donors (Lipinski definition) is 0. The fourth-order valence-electron chi connectivity index (χ4n) is 2.32. The largest absolute Gasteiger partial charge is 0.264 e. The van der Waals surface area contributed by atoms with E-state index in [0.29, 0.717) is 29.2 Å². The second-order valence-electron chi connectivity index (χ2n) is 4.61. The number of anilines is 1. The summed E-state index contributed by atoms with van der Waals surface area (Å²) in [5.41, 5.74) is 2.14. The minimum atomic E-state index is -3.55. The van der Waals surface area contributed by atoms with Crippen molar-refractivity contribution in [2.75, 3.05) is 10.8 Å². The number of pyridine rings is 1. The molecule has 0 unspecified atom stereocenters. The van der Waals surface area contributed by atoms with E-state index in [9.17, 15) is 8.42 Å². The summed E-state index contributed by atoms with van der Waals surface area (Å²) in [6.07, 6.45) is 2.25. The van der Waals surface area contributed by atoms with E-state index in [1.54, 1.807) is 48.7 Å². The summed E-state index contributed by atoms with van der Waals surface area (Å²) in [4.78, 5) is 4.55. The predicted octanol–water partition coefficient (Wildman–Crippen LogP) is 2.69. The van der Waals surface area contributed by atoms with Gasteiger partial charge in [0.15, 0.2) is 0 Å². The van der Waals surface area contributed by atoms with Gasteiger partial charge in [-0.15, -0.1) is 0 Å². The first-order valence-corrected chi connectivity index (χ1v) is 7.75. The molecule has 0 spiro atoms. The molecule has 0 saturated heterocycles. The van der Waals surface area contributed by atoms with Gasteiger partial charge in [-0.1, -0.05) is 24.8 Å². The molecule has 4 nitrogen and oxygen atoms in total. The molecule has 102 valence electrons. The Bertz CT molecular complexity index is 754. The molecule has 1 aliphatic rings. The Labute approximate surface area is 118 Å². The van der Waals surface area contributed by atoms with E-state index in [2.05, 4.69) is 11.6 Å². The van der Waals surface area contributed by atoms with Gasteiger partial charge in [-0.3, -0.25) is 9.29 Å². The van der Waals surface area contributed by atoms with Gasteiger partial charge in [-0.25, -0.2) is 8.42 Å². The number of rotatable bonds is 2. The predicted molar refractivity (Wildman–Crippen MR) is 78.9 cm³/mol. The van der Waals surface area contributed by atoms with Crippen molar-refractivity contribution in [2.45, 2.75) is 11.3 Å². The molecule has 0 fully saturated rings. The van der Waals surface area contributed by atoms with E-state index < -0.39 is 10.0 Å². The first-order chi connectivity index (χ1) is 9.60. The molecule has 0 radical (unpaired) electrons. The van der Waals surface area contributed by atoms with Crippen LogP contribution in [0.4, 0.5) is 5.69 Å². The van der Waals surface area contributed by atoms with Crippen molar-refractivity contribution in [2.24, 2.45) is 0 Å². The maximum absolute atomic E-state index is 12.7. The van der Waals surface area contributed by atoms with Crippen LogP contribution in [0.2, 0.25) is 0 Å². The summed E-state index contributed by atoms with van der Waals surface area (Å²) in [7, 11) is -3.55. The third-order valence-corrected chi connectivity index (χ3v) is 5.17. The van der Waals surface area contributed by atoms with E-state index in [1.165, 1.54) is 4.31 Å². The lowest BCUT2D eigenvalue weighted by Crippen LogP contribution is -2.35. The molecule has 1 aromatic heterocycles. The molecular weight excluding hydrogens is 272 g/mol. The zero-order chi connectivity index (χ0) is 14.2. The maximum atomic E-state index is 12.7. The van der Waals surface area contributed by atoms with Crippen molar-refractivity contribution in [1.29, 1.82) is 0 Å². The van der Waals surface area contributed by atoms with E-state index in [0.717, 1.165) is 5.57 Å². The van der Waals surface area contributed by atoms with Crippen molar-refractivity contribution in [3.8, 4) is 0 Å². The summed E-state index contributed by atoms with van der Waals surface area (Å²) < 4.78 is 26.9.